The van der Waals surface area contributed by atoms with Crippen LogP contribution in [0, 0.1) is 0 Å². The van der Waals surface area contributed by atoms with Crippen LogP contribution in [0.4, 0.5) is 5.13 Å². The number of hydrogen-bond acceptors (Lipinski definition) is 6. The monoisotopic (exact) mass is 311 g/mol. The Labute approximate surface area is 130 Å². The third kappa shape index (κ3) is 4.41. The zero-order valence-electron chi connectivity index (χ0n) is 13.2. The summed E-state index contributed by atoms with van der Waals surface area (Å²) >= 11 is 1.60. The van der Waals surface area contributed by atoms with Gasteiger partial charge in [-0.15, -0.1) is 11.3 Å². The molecule has 1 atom stereocenters. The van der Waals surface area contributed by atoms with Crippen LogP contribution >= 0.6 is 11.3 Å². The van der Waals surface area contributed by atoms with Crippen LogP contribution in [0.5, 0.6) is 0 Å². The predicted molar refractivity (Wildman–Crippen MR) is 86.0 cm³/mol. The Morgan fingerprint density at radius 1 is 1.57 bits per heavy atom. The topological polar surface area (TPSA) is 45.7 Å². The summed E-state index contributed by atoms with van der Waals surface area (Å²) in [4.78, 5) is 20.8. The second kappa shape index (κ2) is 7.75. The molecule has 1 aliphatic heterocycles. The van der Waals surface area contributed by atoms with Gasteiger partial charge in [0.25, 0.3) is 0 Å². The maximum atomic E-state index is 11.5. The fourth-order valence-corrected chi connectivity index (χ4v) is 3.63. The first-order valence-electron chi connectivity index (χ1n) is 7.69. The molecule has 0 aromatic carbocycles. The van der Waals surface area contributed by atoms with E-state index in [1.165, 1.54) is 19.4 Å². The van der Waals surface area contributed by atoms with Crippen LogP contribution in [0.3, 0.4) is 0 Å². The van der Waals surface area contributed by atoms with E-state index >= 15 is 0 Å². The van der Waals surface area contributed by atoms with Gasteiger partial charge in [-0.2, -0.15) is 0 Å². The van der Waals surface area contributed by atoms with Gasteiger partial charge in [0.15, 0.2) is 5.13 Å². The molecule has 0 N–H and O–H groups in total. The van der Waals surface area contributed by atoms with Gasteiger partial charge in [0.2, 0.25) is 0 Å². The first kappa shape index (κ1) is 16.2. The minimum Gasteiger partial charge on any atom is -0.466 e. The van der Waals surface area contributed by atoms with Crippen molar-refractivity contribution in [3.63, 3.8) is 0 Å². The number of rotatable bonds is 7. The summed E-state index contributed by atoms with van der Waals surface area (Å²) in [5.74, 6) is -0.204. The molecule has 2 heterocycles. The van der Waals surface area contributed by atoms with Crippen LogP contribution in [-0.4, -0.2) is 55.2 Å². The van der Waals surface area contributed by atoms with Crippen molar-refractivity contribution in [2.24, 2.45) is 0 Å². The highest BCUT2D eigenvalue weighted by Crippen LogP contribution is 2.23. The van der Waals surface area contributed by atoms with Crippen LogP contribution < -0.4 is 4.90 Å². The van der Waals surface area contributed by atoms with Crippen LogP contribution in [0.25, 0.3) is 0 Å². The summed E-state index contributed by atoms with van der Waals surface area (Å²) in [5.41, 5.74) is 0.805. The lowest BCUT2D eigenvalue weighted by molar-refractivity contribution is -0.142. The zero-order valence-corrected chi connectivity index (χ0v) is 14.0. The maximum absolute atomic E-state index is 11.5. The minimum atomic E-state index is -0.204. The first-order valence-corrected chi connectivity index (χ1v) is 8.57. The fourth-order valence-electron chi connectivity index (χ4n) is 2.83. The summed E-state index contributed by atoms with van der Waals surface area (Å²) in [6, 6.07) is 0.623. The number of ether oxygens (including phenoxy) is 1. The van der Waals surface area contributed by atoms with E-state index in [2.05, 4.69) is 28.8 Å². The number of aromatic nitrogens is 1. The molecule has 118 valence electrons. The molecule has 21 heavy (non-hydrogen) atoms. The van der Waals surface area contributed by atoms with Crippen molar-refractivity contribution in [1.82, 2.24) is 9.88 Å². The van der Waals surface area contributed by atoms with Crippen LogP contribution in [0.15, 0.2) is 5.38 Å². The molecule has 1 aliphatic rings. The largest absolute Gasteiger partial charge is 0.466 e. The molecule has 1 saturated heterocycles. The Kier molecular flexibility index (Phi) is 5.99. The van der Waals surface area contributed by atoms with Crippen molar-refractivity contribution in [3.8, 4) is 0 Å². The normalized spacial score (nSPS) is 18.9. The first-order chi connectivity index (χ1) is 10.1. The molecule has 6 heteroatoms. The number of carbonyl (C=O) groups is 1. The molecular formula is C15H25N3O2S. The van der Waals surface area contributed by atoms with Crippen molar-refractivity contribution in [2.45, 2.75) is 39.2 Å². The number of nitrogens with zero attached hydrogens (tertiary/aromatic N) is 3. The molecule has 5 nitrogen and oxygen atoms in total. The number of likely N-dealkylation sites (tertiary alicyclic amines) is 1. The average molecular weight is 311 g/mol. The fraction of sp³-hybridized carbons (Fsp3) is 0.733. The molecule has 0 bridgehead atoms. The van der Waals surface area contributed by atoms with Gasteiger partial charge in [0, 0.05) is 25.0 Å². The van der Waals surface area contributed by atoms with Gasteiger partial charge in [0.1, 0.15) is 0 Å². The molecule has 0 saturated carbocycles. The predicted octanol–water partition coefficient (Wildman–Crippen LogP) is 2.17. The number of esters is 1. The Morgan fingerprint density at radius 3 is 3.10 bits per heavy atom. The van der Waals surface area contributed by atoms with Gasteiger partial charge in [-0.05, 0) is 32.9 Å². The Bertz CT molecular complexity index is 464. The lowest BCUT2D eigenvalue weighted by Crippen LogP contribution is -2.38. The summed E-state index contributed by atoms with van der Waals surface area (Å²) in [6.07, 6.45) is 2.82. The van der Waals surface area contributed by atoms with Gasteiger partial charge >= 0.3 is 5.97 Å². The quantitative estimate of drug-likeness (QED) is 0.722. The third-order valence-electron chi connectivity index (χ3n) is 3.89. The molecule has 0 aliphatic carbocycles. The number of carbonyl (C=O) groups excluding carboxylic acids is 1. The SMILES string of the molecule is CCOC(=O)Cc1csc(N(C)CC2CCCN2CC)n1. The van der Waals surface area contributed by atoms with E-state index in [0.29, 0.717) is 12.6 Å². The molecule has 1 fully saturated rings. The average Bonchev–Trinajstić information content (AvgIpc) is 3.08. The molecule has 0 radical (unpaired) electrons. The van der Waals surface area contributed by atoms with Gasteiger partial charge < -0.3 is 9.64 Å². The van der Waals surface area contributed by atoms with E-state index in [0.717, 1.165) is 23.9 Å². The van der Waals surface area contributed by atoms with Crippen LogP contribution in [0.2, 0.25) is 0 Å². The number of thiazole rings is 1. The van der Waals surface area contributed by atoms with Crippen molar-refractivity contribution < 1.29 is 9.53 Å². The number of hydrogen-bond donors (Lipinski definition) is 0. The van der Waals surface area contributed by atoms with Gasteiger partial charge in [-0.3, -0.25) is 9.69 Å². The second-order valence-corrected chi connectivity index (χ2v) is 6.24. The maximum Gasteiger partial charge on any atom is 0.311 e. The van der Waals surface area contributed by atoms with Crippen LogP contribution in [-0.2, 0) is 16.0 Å². The number of anilines is 1. The van der Waals surface area contributed by atoms with E-state index in [-0.39, 0.29) is 12.4 Å². The summed E-state index contributed by atoms with van der Waals surface area (Å²) in [6.45, 7) is 7.79. The zero-order chi connectivity index (χ0) is 15.2. The van der Waals surface area contributed by atoms with E-state index < -0.39 is 0 Å². The molecule has 1 unspecified atom stereocenters. The van der Waals surface area contributed by atoms with Gasteiger partial charge in [-0.25, -0.2) is 4.98 Å². The molecule has 2 rings (SSSR count). The van der Waals surface area contributed by atoms with Crippen LogP contribution in [0.1, 0.15) is 32.4 Å². The molecule has 0 amide bonds. The summed E-state index contributed by atoms with van der Waals surface area (Å²) < 4.78 is 4.96. The third-order valence-corrected chi connectivity index (χ3v) is 4.89. The van der Waals surface area contributed by atoms with E-state index in [1.807, 2.05) is 12.3 Å². The minimum absolute atomic E-state index is 0.204. The molecule has 1 aromatic heterocycles. The van der Waals surface area contributed by atoms with Gasteiger partial charge in [0.05, 0.1) is 18.7 Å². The number of likely N-dealkylation sites (N-methyl/N-ethyl adjacent to an activating group) is 2. The smallest absolute Gasteiger partial charge is 0.311 e. The van der Waals surface area contributed by atoms with Crippen molar-refractivity contribution >= 4 is 22.4 Å². The van der Waals surface area contributed by atoms with Crippen molar-refractivity contribution in [2.75, 3.05) is 38.2 Å². The standard InChI is InChI=1S/C15H25N3O2S/c1-4-18-8-6-7-13(18)10-17(3)15-16-12(11-21-15)9-14(19)20-5-2/h11,13H,4-10H2,1-3H3. The highest BCUT2D eigenvalue weighted by atomic mass is 32.1. The van der Waals surface area contributed by atoms with E-state index in [1.54, 1.807) is 11.3 Å². The molecular weight excluding hydrogens is 286 g/mol. The highest BCUT2D eigenvalue weighted by Gasteiger charge is 2.24. The Hall–Kier alpha value is -1.14. The van der Waals surface area contributed by atoms with Crippen molar-refractivity contribution in [3.05, 3.63) is 11.1 Å². The summed E-state index contributed by atoms with van der Waals surface area (Å²) in [7, 11) is 2.08. The lowest BCUT2D eigenvalue weighted by Gasteiger charge is -2.27. The highest BCUT2D eigenvalue weighted by molar-refractivity contribution is 7.13. The van der Waals surface area contributed by atoms with Crippen molar-refractivity contribution in [1.29, 1.82) is 0 Å². The second-order valence-electron chi connectivity index (χ2n) is 5.41. The lowest BCUT2D eigenvalue weighted by atomic mass is 10.2. The molecule has 0 spiro atoms. The van der Waals surface area contributed by atoms with Gasteiger partial charge in [-0.1, -0.05) is 6.92 Å². The molecule has 1 aromatic rings. The Morgan fingerprint density at radius 2 is 2.38 bits per heavy atom. The van der Waals surface area contributed by atoms with E-state index in [4.69, 9.17) is 4.74 Å². The van der Waals surface area contributed by atoms with E-state index in [9.17, 15) is 4.79 Å². The summed E-state index contributed by atoms with van der Waals surface area (Å²) in [5, 5.41) is 2.94. The Balaban J connectivity index is 1.89.